The number of rotatable bonds is 3. The molecule has 82 valence electrons. The number of nitrogens with zero attached hydrogens (tertiary/aromatic N) is 1. The molecule has 0 spiro atoms. The second kappa shape index (κ2) is 4.60. The monoisotopic (exact) mass is 198 g/mol. The summed E-state index contributed by atoms with van der Waals surface area (Å²) in [6.07, 6.45) is 4.56. The first-order valence-corrected chi connectivity index (χ1v) is 5.82. The Morgan fingerprint density at radius 2 is 2.21 bits per heavy atom. The lowest BCUT2D eigenvalue weighted by Crippen LogP contribution is -2.54. The van der Waals surface area contributed by atoms with Gasteiger partial charge < -0.3 is 15.0 Å². The van der Waals surface area contributed by atoms with Gasteiger partial charge in [0.05, 0.1) is 12.7 Å². The fourth-order valence-corrected chi connectivity index (χ4v) is 2.27. The second-order valence-corrected chi connectivity index (χ2v) is 4.66. The van der Waals surface area contributed by atoms with Crippen LogP contribution in [0.2, 0.25) is 0 Å². The molecule has 2 aliphatic rings. The normalized spacial score (nSPS) is 34.5. The van der Waals surface area contributed by atoms with Gasteiger partial charge in [-0.25, -0.2) is 0 Å². The summed E-state index contributed by atoms with van der Waals surface area (Å²) in [6, 6.07) is 1.36. The number of hydrogen-bond donors (Lipinski definition) is 1. The molecule has 3 heteroatoms. The molecule has 2 atom stereocenters. The van der Waals surface area contributed by atoms with E-state index < -0.39 is 0 Å². The van der Waals surface area contributed by atoms with Crippen LogP contribution in [0.1, 0.15) is 26.2 Å². The minimum Gasteiger partial charge on any atom is -0.376 e. The van der Waals surface area contributed by atoms with E-state index in [-0.39, 0.29) is 0 Å². The zero-order valence-electron chi connectivity index (χ0n) is 9.33. The van der Waals surface area contributed by atoms with Crippen LogP contribution in [0, 0.1) is 0 Å². The van der Waals surface area contributed by atoms with Crippen molar-refractivity contribution in [3.63, 3.8) is 0 Å². The van der Waals surface area contributed by atoms with Gasteiger partial charge in [-0.05, 0) is 26.8 Å². The predicted octanol–water partition coefficient (Wildman–Crippen LogP) is 0.848. The minimum atomic E-state index is 0.367. The first kappa shape index (κ1) is 10.4. The van der Waals surface area contributed by atoms with Crippen molar-refractivity contribution in [3.8, 4) is 0 Å². The Morgan fingerprint density at radius 1 is 1.43 bits per heavy atom. The van der Waals surface area contributed by atoms with E-state index in [4.69, 9.17) is 4.74 Å². The van der Waals surface area contributed by atoms with Crippen LogP contribution in [0.4, 0.5) is 0 Å². The van der Waals surface area contributed by atoms with Gasteiger partial charge in [-0.2, -0.15) is 0 Å². The van der Waals surface area contributed by atoms with Crippen LogP contribution >= 0.6 is 0 Å². The third-order valence-corrected chi connectivity index (χ3v) is 3.64. The van der Waals surface area contributed by atoms with Gasteiger partial charge in [-0.15, -0.1) is 0 Å². The van der Waals surface area contributed by atoms with Gasteiger partial charge in [0.25, 0.3) is 0 Å². The van der Waals surface area contributed by atoms with Crippen molar-refractivity contribution in [2.45, 2.75) is 44.4 Å². The van der Waals surface area contributed by atoms with Crippen molar-refractivity contribution in [1.82, 2.24) is 10.2 Å². The Kier molecular flexibility index (Phi) is 3.42. The zero-order valence-corrected chi connectivity index (χ0v) is 9.33. The molecule has 2 rings (SSSR count). The maximum Gasteiger partial charge on any atom is 0.0713 e. The van der Waals surface area contributed by atoms with Crippen molar-refractivity contribution >= 4 is 0 Å². The van der Waals surface area contributed by atoms with E-state index in [9.17, 15) is 0 Å². The van der Waals surface area contributed by atoms with E-state index in [1.165, 1.54) is 19.3 Å². The first-order valence-electron chi connectivity index (χ1n) is 5.82. The highest BCUT2D eigenvalue weighted by Crippen LogP contribution is 2.23. The molecule has 14 heavy (non-hydrogen) atoms. The third kappa shape index (κ3) is 2.27. The van der Waals surface area contributed by atoms with E-state index >= 15 is 0 Å². The molecule has 0 aromatic rings. The van der Waals surface area contributed by atoms with E-state index in [1.54, 1.807) is 0 Å². The van der Waals surface area contributed by atoms with Gasteiger partial charge in [0, 0.05) is 25.2 Å². The molecule has 3 nitrogen and oxygen atoms in total. The molecule has 0 aromatic carbocycles. The molecule has 1 saturated carbocycles. The van der Waals surface area contributed by atoms with Crippen molar-refractivity contribution in [2.75, 3.05) is 26.7 Å². The third-order valence-electron chi connectivity index (χ3n) is 3.64. The van der Waals surface area contributed by atoms with Crippen LogP contribution in [-0.4, -0.2) is 49.8 Å². The Morgan fingerprint density at radius 3 is 2.79 bits per heavy atom. The summed E-state index contributed by atoms with van der Waals surface area (Å²) in [7, 11) is 2.24. The molecule has 1 saturated heterocycles. The predicted molar refractivity (Wildman–Crippen MR) is 57.5 cm³/mol. The number of morpholine rings is 1. The van der Waals surface area contributed by atoms with Gasteiger partial charge in [0.2, 0.25) is 0 Å². The summed E-state index contributed by atoms with van der Waals surface area (Å²) in [4.78, 5) is 2.49. The number of nitrogens with one attached hydrogen (secondary N) is 1. The largest absolute Gasteiger partial charge is 0.376 e. The van der Waals surface area contributed by atoms with Crippen LogP contribution in [0.25, 0.3) is 0 Å². The summed E-state index contributed by atoms with van der Waals surface area (Å²) >= 11 is 0. The molecule has 2 unspecified atom stereocenters. The van der Waals surface area contributed by atoms with Gasteiger partial charge in [-0.3, -0.25) is 0 Å². The molecule has 1 aliphatic carbocycles. The number of hydrogen-bond acceptors (Lipinski definition) is 3. The Hall–Kier alpha value is -0.120. The summed E-state index contributed by atoms with van der Waals surface area (Å²) in [5.74, 6) is 0. The number of likely N-dealkylation sites (N-methyl/N-ethyl adjacent to an activating group) is 1. The Bertz CT molecular complexity index is 182. The van der Waals surface area contributed by atoms with E-state index in [0.29, 0.717) is 12.1 Å². The van der Waals surface area contributed by atoms with E-state index in [1.807, 2.05) is 0 Å². The lowest BCUT2D eigenvalue weighted by atomic mass is 9.91. The highest BCUT2D eigenvalue weighted by molar-refractivity contribution is 4.85. The topological polar surface area (TPSA) is 24.5 Å². The van der Waals surface area contributed by atoms with Crippen molar-refractivity contribution in [1.29, 1.82) is 0 Å². The van der Waals surface area contributed by atoms with Gasteiger partial charge >= 0.3 is 0 Å². The van der Waals surface area contributed by atoms with Crippen LogP contribution in [0.3, 0.4) is 0 Å². The summed E-state index contributed by atoms with van der Waals surface area (Å²) in [6.45, 7) is 5.18. The second-order valence-electron chi connectivity index (χ2n) is 4.66. The van der Waals surface area contributed by atoms with Crippen molar-refractivity contribution in [3.05, 3.63) is 0 Å². The molecular formula is C11H22N2O. The van der Waals surface area contributed by atoms with Crippen LogP contribution in [0.15, 0.2) is 0 Å². The van der Waals surface area contributed by atoms with Crippen molar-refractivity contribution < 1.29 is 4.74 Å². The zero-order chi connectivity index (χ0) is 9.97. The quantitative estimate of drug-likeness (QED) is 0.727. The molecule has 1 N–H and O–H groups in total. The van der Waals surface area contributed by atoms with Crippen LogP contribution in [-0.2, 0) is 4.74 Å². The van der Waals surface area contributed by atoms with Crippen LogP contribution in [0.5, 0.6) is 0 Å². The summed E-state index contributed by atoms with van der Waals surface area (Å²) in [5, 5.41) is 3.54. The SMILES string of the molecule is CC1OCCNC1CN(C)C1CCC1. The Labute approximate surface area is 86.8 Å². The lowest BCUT2D eigenvalue weighted by molar-refractivity contribution is -0.00705. The first-order chi connectivity index (χ1) is 6.77. The van der Waals surface area contributed by atoms with E-state index in [2.05, 4.69) is 24.2 Å². The molecule has 1 heterocycles. The molecule has 1 aliphatic heterocycles. The molecule has 0 bridgehead atoms. The highest BCUT2D eigenvalue weighted by Gasteiger charge is 2.27. The minimum absolute atomic E-state index is 0.367. The summed E-state index contributed by atoms with van der Waals surface area (Å²) < 4.78 is 5.63. The molecular weight excluding hydrogens is 176 g/mol. The average molecular weight is 198 g/mol. The smallest absolute Gasteiger partial charge is 0.0713 e. The highest BCUT2D eigenvalue weighted by atomic mass is 16.5. The summed E-state index contributed by atoms with van der Waals surface area (Å²) in [5.41, 5.74) is 0. The van der Waals surface area contributed by atoms with Gasteiger partial charge in [0.15, 0.2) is 0 Å². The molecule has 2 fully saturated rings. The fraction of sp³-hybridized carbons (Fsp3) is 1.00. The maximum absolute atomic E-state index is 5.63. The fourth-order valence-electron chi connectivity index (χ4n) is 2.27. The average Bonchev–Trinajstić information content (AvgIpc) is 2.05. The molecule has 0 radical (unpaired) electrons. The number of ether oxygens (including phenoxy) is 1. The standard InChI is InChI=1S/C11H22N2O/c1-9-11(12-6-7-14-9)8-13(2)10-4-3-5-10/h9-12H,3-8H2,1-2H3. The van der Waals surface area contributed by atoms with Gasteiger partial charge in [0.1, 0.15) is 0 Å². The van der Waals surface area contributed by atoms with Crippen LogP contribution < -0.4 is 5.32 Å². The Balaban J connectivity index is 1.76. The molecule has 0 aromatic heterocycles. The lowest BCUT2D eigenvalue weighted by Gasteiger charge is -2.39. The van der Waals surface area contributed by atoms with Gasteiger partial charge in [-0.1, -0.05) is 6.42 Å². The molecule has 0 amide bonds. The van der Waals surface area contributed by atoms with Crippen molar-refractivity contribution in [2.24, 2.45) is 0 Å². The van der Waals surface area contributed by atoms with E-state index in [0.717, 1.165) is 25.7 Å². The maximum atomic E-state index is 5.63.